The molecule has 6 rings (SSSR count). The molecule has 0 N–H and O–H groups in total. The second-order valence-corrected chi connectivity index (χ2v) is 8.29. The summed E-state index contributed by atoms with van der Waals surface area (Å²) in [5.41, 5.74) is 4.42. The third kappa shape index (κ3) is 3.58. The van der Waals surface area contributed by atoms with Crippen LogP contribution in [0.15, 0.2) is 113 Å². The van der Waals surface area contributed by atoms with Gasteiger partial charge in [-0.3, -0.25) is 0 Å². The molecular formula is C31H19N3. The molecule has 0 aliphatic carbocycles. The van der Waals surface area contributed by atoms with E-state index < -0.39 is 0 Å². The topological polar surface area (TPSA) is 48.5 Å². The Morgan fingerprint density at radius 3 is 1.82 bits per heavy atom. The van der Waals surface area contributed by atoms with E-state index in [0.29, 0.717) is 5.56 Å². The molecule has 0 amide bonds. The lowest BCUT2D eigenvalue weighted by Gasteiger charge is -2.12. The molecule has 0 heterocycles. The minimum atomic E-state index is 0.611. The monoisotopic (exact) mass is 433 g/mol. The number of nitrogens with zero attached hydrogens (tertiary/aromatic N) is 3. The highest BCUT2D eigenvalue weighted by molar-refractivity contribution is 6.24. The molecule has 0 aliphatic heterocycles. The third-order valence-corrected chi connectivity index (χ3v) is 6.19. The Morgan fingerprint density at radius 2 is 1.15 bits per heavy atom. The molecule has 0 saturated carbocycles. The summed E-state index contributed by atoms with van der Waals surface area (Å²) in [7, 11) is 0. The molecule has 0 bridgehead atoms. The maximum atomic E-state index is 8.89. The van der Waals surface area contributed by atoms with Crippen molar-refractivity contribution in [2.45, 2.75) is 0 Å². The van der Waals surface area contributed by atoms with Crippen molar-refractivity contribution < 1.29 is 0 Å². The zero-order valence-electron chi connectivity index (χ0n) is 18.3. The summed E-state index contributed by atoms with van der Waals surface area (Å²) in [6, 6.07) is 36.9. The van der Waals surface area contributed by atoms with Crippen LogP contribution in [0.3, 0.4) is 0 Å². The lowest BCUT2D eigenvalue weighted by molar-refractivity contribution is 1.23. The molecule has 3 heteroatoms. The number of benzene rings is 6. The van der Waals surface area contributed by atoms with Gasteiger partial charge in [0.05, 0.1) is 23.0 Å². The van der Waals surface area contributed by atoms with Crippen molar-refractivity contribution in [3.63, 3.8) is 0 Å². The van der Waals surface area contributed by atoms with Crippen LogP contribution in [0.4, 0.5) is 11.4 Å². The van der Waals surface area contributed by atoms with Gasteiger partial charge in [0.2, 0.25) is 0 Å². The minimum absolute atomic E-state index is 0.611. The van der Waals surface area contributed by atoms with Crippen LogP contribution < -0.4 is 0 Å². The molecule has 6 aromatic rings. The fourth-order valence-electron chi connectivity index (χ4n) is 4.46. The highest BCUT2D eigenvalue weighted by Gasteiger charge is 2.09. The average molecular weight is 434 g/mol. The summed E-state index contributed by atoms with van der Waals surface area (Å²) in [4.78, 5) is 0. The van der Waals surface area contributed by atoms with Crippen molar-refractivity contribution >= 4 is 55.8 Å². The van der Waals surface area contributed by atoms with E-state index in [1.165, 1.54) is 37.9 Å². The van der Waals surface area contributed by atoms with Gasteiger partial charge in [-0.25, -0.2) is 0 Å². The molecule has 3 nitrogen and oxygen atoms in total. The Kier molecular flexibility index (Phi) is 4.83. The summed E-state index contributed by atoms with van der Waals surface area (Å²) in [5.74, 6) is 0. The van der Waals surface area contributed by atoms with Crippen LogP contribution in [0.5, 0.6) is 0 Å². The van der Waals surface area contributed by atoms with E-state index in [0.717, 1.165) is 16.9 Å². The van der Waals surface area contributed by atoms with E-state index in [-0.39, 0.29) is 0 Å². The Bertz CT molecular complexity index is 1720. The molecule has 0 radical (unpaired) electrons. The highest BCUT2D eigenvalue weighted by atomic mass is 15.1. The van der Waals surface area contributed by atoms with Gasteiger partial charge in [-0.1, -0.05) is 78.9 Å². The first kappa shape index (κ1) is 19.8. The number of hydrogen-bond acceptors (Lipinski definition) is 3. The molecule has 0 aliphatic rings. The molecule has 0 atom stereocenters. The fraction of sp³-hybridized carbons (Fsp3) is 0. The van der Waals surface area contributed by atoms with Crippen molar-refractivity contribution in [3.05, 3.63) is 120 Å². The van der Waals surface area contributed by atoms with Crippen molar-refractivity contribution in [2.24, 2.45) is 10.2 Å². The van der Waals surface area contributed by atoms with Crippen molar-refractivity contribution in [1.82, 2.24) is 0 Å². The molecule has 0 spiro atoms. The maximum absolute atomic E-state index is 8.89. The van der Waals surface area contributed by atoms with Crippen LogP contribution in [0.25, 0.3) is 44.5 Å². The largest absolute Gasteiger partial charge is 0.192 e. The van der Waals surface area contributed by atoms with Gasteiger partial charge in [0.25, 0.3) is 0 Å². The Balaban J connectivity index is 1.28. The van der Waals surface area contributed by atoms with Crippen LogP contribution in [-0.4, -0.2) is 0 Å². The van der Waals surface area contributed by atoms with Crippen LogP contribution >= 0.6 is 0 Å². The highest BCUT2D eigenvalue weighted by Crippen LogP contribution is 2.36. The van der Waals surface area contributed by atoms with Crippen molar-refractivity contribution in [2.75, 3.05) is 0 Å². The molecule has 0 saturated heterocycles. The molecule has 158 valence electrons. The smallest absolute Gasteiger partial charge is 0.0991 e. The zero-order valence-corrected chi connectivity index (χ0v) is 18.3. The van der Waals surface area contributed by atoms with Crippen LogP contribution in [-0.2, 0) is 0 Å². The quantitative estimate of drug-likeness (QED) is 0.155. The summed E-state index contributed by atoms with van der Waals surface area (Å²) in [5, 5.41) is 25.2. The first-order valence-electron chi connectivity index (χ1n) is 11.2. The van der Waals surface area contributed by atoms with Crippen LogP contribution in [0.1, 0.15) is 16.7 Å². The summed E-state index contributed by atoms with van der Waals surface area (Å²) >= 11 is 0. The Hall–Kier alpha value is -4.81. The van der Waals surface area contributed by atoms with Gasteiger partial charge in [0, 0.05) is 0 Å². The zero-order chi connectivity index (χ0) is 22.9. The third-order valence-electron chi connectivity index (χ3n) is 6.19. The fourth-order valence-corrected chi connectivity index (χ4v) is 4.46. The Morgan fingerprint density at radius 1 is 0.559 bits per heavy atom. The summed E-state index contributed by atoms with van der Waals surface area (Å²) in [6.07, 6.45) is 4.31. The van der Waals surface area contributed by atoms with Crippen LogP contribution in [0.2, 0.25) is 0 Å². The van der Waals surface area contributed by atoms with E-state index in [2.05, 4.69) is 83.0 Å². The van der Waals surface area contributed by atoms with E-state index >= 15 is 0 Å². The molecule has 0 unspecified atom stereocenters. The van der Waals surface area contributed by atoms with Crippen molar-refractivity contribution in [1.29, 1.82) is 5.26 Å². The normalized spacial score (nSPS) is 11.9. The second-order valence-electron chi connectivity index (χ2n) is 8.29. The lowest BCUT2D eigenvalue weighted by atomic mass is 9.92. The average Bonchev–Trinajstić information content (AvgIpc) is 2.90. The van der Waals surface area contributed by atoms with E-state index in [9.17, 15) is 0 Å². The lowest BCUT2D eigenvalue weighted by Crippen LogP contribution is -1.85. The molecule has 34 heavy (non-hydrogen) atoms. The van der Waals surface area contributed by atoms with Gasteiger partial charge in [-0.15, -0.1) is 0 Å². The van der Waals surface area contributed by atoms with Gasteiger partial charge in [0.1, 0.15) is 0 Å². The van der Waals surface area contributed by atoms with E-state index in [1.54, 1.807) is 24.3 Å². The first-order valence-corrected chi connectivity index (χ1v) is 11.2. The number of nitriles is 1. The molecule has 6 aromatic carbocycles. The first-order chi connectivity index (χ1) is 16.8. The standard InChI is InChI=1S/C31H19N3/c32-20-22-7-17-28(18-8-22)34-33-27-15-5-21(6-16-27)4-9-23-10-11-26-13-12-24-2-1-3-25-14-19-29(23)31(26)30(24)25/h1-19H/b9-4+,34-33?. The van der Waals surface area contributed by atoms with E-state index in [4.69, 9.17) is 5.26 Å². The van der Waals surface area contributed by atoms with Crippen molar-refractivity contribution in [3.8, 4) is 6.07 Å². The number of azo groups is 1. The van der Waals surface area contributed by atoms with Gasteiger partial charge >= 0.3 is 0 Å². The van der Waals surface area contributed by atoms with Gasteiger partial charge in [0.15, 0.2) is 0 Å². The van der Waals surface area contributed by atoms with E-state index in [1.807, 2.05) is 24.3 Å². The molecule has 0 fully saturated rings. The molecular weight excluding hydrogens is 414 g/mol. The number of hydrogen-bond donors (Lipinski definition) is 0. The molecule has 0 aromatic heterocycles. The van der Waals surface area contributed by atoms with Crippen LogP contribution in [0, 0.1) is 11.3 Å². The summed E-state index contributed by atoms with van der Waals surface area (Å²) in [6.45, 7) is 0. The summed E-state index contributed by atoms with van der Waals surface area (Å²) < 4.78 is 0. The minimum Gasteiger partial charge on any atom is -0.192 e. The van der Waals surface area contributed by atoms with Gasteiger partial charge in [-0.05, 0) is 79.8 Å². The SMILES string of the molecule is N#Cc1ccc(N=Nc2ccc(/C=C/c3ccc4ccc5cccc6ccc3c4c56)cc2)cc1. The van der Waals surface area contributed by atoms with Gasteiger partial charge < -0.3 is 0 Å². The van der Waals surface area contributed by atoms with Gasteiger partial charge in [-0.2, -0.15) is 15.5 Å². The predicted molar refractivity (Wildman–Crippen MR) is 141 cm³/mol. The number of rotatable bonds is 4. The second kappa shape index (κ2) is 8.27. The Labute approximate surface area is 197 Å². The predicted octanol–water partition coefficient (Wildman–Crippen LogP) is 9.04. The maximum Gasteiger partial charge on any atom is 0.0991 e.